The summed E-state index contributed by atoms with van der Waals surface area (Å²) in [7, 11) is -2.67. The van der Waals surface area contributed by atoms with Crippen LogP contribution in [0.25, 0.3) is 0 Å². The van der Waals surface area contributed by atoms with Crippen molar-refractivity contribution in [3.8, 4) is 11.5 Å². The summed E-state index contributed by atoms with van der Waals surface area (Å²) in [6, 6.07) is 28.8. The number of carbonyl (C=O) groups excluding carboxylic acids is 2. The summed E-state index contributed by atoms with van der Waals surface area (Å²) in [6.07, 6.45) is 2.84. The fraction of sp³-hybridized carbons (Fsp3) is 0.316. The van der Waals surface area contributed by atoms with E-state index in [0.29, 0.717) is 24.5 Å². The van der Waals surface area contributed by atoms with Gasteiger partial charge in [-0.1, -0.05) is 49.4 Å². The van der Waals surface area contributed by atoms with Gasteiger partial charge in [0.15, 0.2) is 0 Å². The van der Waals surface area contributed by atoms with E-state index >= 15 is 0 Å². The molecule has 0 radical (unpaired) electrons. The SMILES string of the molecule is CCOc1ccc(N(CC(=O)N(Cc2cccc(OC)c2)C(Cc2ccccc2)C(=O)NC(C)CC)S(=O)(=O)c2ccc(SC)cc2)cc1. The molecule has 0 fully saturated rings. The maximum atomic E-state index is 14.7. The van der Waals surface area contributed by atoms with Crippen LogP contribution in [0, 0.1) is 0 Å². The molecular formula is C38H45N3O6S2. The predicted molar refractivity (Wildman–Crippen MR) is 196 cm³/mol. The highest BCUT2D eigenvalue weighted by Crippen LogP contribution is 2.28. The Hall–Kier alpha value is -4.48. The van der Waals surface area contributed by atoms with Gasteiger partial charge in [-0.2, -0.15) is 0 Å². The van der Waals surface area contributed by atoms with E-state index in [-0.39, 0.29) is 35.5 Å². The van der Waals surface area contributed by atoms with E-state index in [2.05, 4.69) is 5.32 Å². The minimum absolute atomic E-state index is 0.0427. The van der Waals surface area contributed by atoms with E-state index in [4.69, 9.17) is 9.47 Å². The molecule has 0 aliphatic carbocycles. The van der Waals surface area contributed by atoms with Gasteiger partial charge in [0.05, 0.1) is 24.3 Å². The quantitative estimate of drug-likeness (QED) is 0.124. The molecular weight excluding hydrogens is 659 g/mol. The topological polar surface area (TPSA) is 105 Å². The average Bonchev–Trinajstić information content (AvgIpc) is 3.12. The monoisotopic (exact) mass is 703 g/mol. The van der Waals surface area contributed by atoms with Crippen LogP contribution in [0.5, 0.6) is 11.5 Å². The molecule has 4 aromatic rings. The summed E-state index contributed by atoms with van der Waals surface area (Å²) in [5.41, 5.74) is 1.88. The summed E-state index contributed by atoms with van der Waals surface area (Å²) in [6.45, 7) is 5.69. The van der Waals surface area contributed by atoms with Crippen molar-refractivity contribution in [2.24, 2.45) is 0 Å². The van der Waals surface area contributed by atoms with Crippen molar-refractivity contribution in [1.29, 1.82) is 0 Å². The number of hydrogen-bond donors (Lipinski definition) is 1. The zero-order chi connectivity index (χ0) is 35.4. The third-order valence-corrected chi connectivity index (χ3v) is 10.7. The number of nitrogens with zero attached hydrogens (tertiary/aromatic N) is 2. The highest BCUT2D eigenvalue weighted by molar-refractivity contribution is 7.98. The lowest BCUT2D eigenvalue weighted by Gasteiger charge is -2.34. The van der Waals surface area contributed by atoms with Gasteiger partial charge in [-0.15, -0.1) is 11.8 Å². The van der Waals surface area contributed by atoms with E-state index < -0.39 is 28.5 Å². The van der Waals surface area contributed by atoms with Crippen molar-refractivity contribution in [3.05, 3.63) is 114 Å². The molecule has 1 N–H and O–H groups in total. The second kappa shape index (κ2) is 17.8. The van der Waals surface area contributed by atoms with Gasteiger partial charge in [-0.3, -0.25) is 13.9 Å². The van der Waals surface area contributed by atoms with E-state index in [1.807, 2.05) is 69.5 Å². The first-order valence-electron chi connectivity index (χ1n) is 16.3. The Balaban J connectivity index is 1.82. The van der Waals surface area contributed by atoms with Gasteiger partial charge >= 0.3 is 0 Å². The molecule has 0 aliphatic rings. The molecule has 0 aromatic heterocycles. The number of hydrogen-bond acceptors (Lipinski definition) is 7. The van der Waals surface area contributed by atoms with E-state index in [1.165, 1.54) is 16.7 Å². The lowest BCUT2D eigenvalue weighted by atomic mass is 10.0. The number of sulfonamides is 1. The molecule has 0 heterocycles. The van der Waals surface area contributed by atoms with Crippen LogP contribution >= 0.6 is 11.8 Å². The zero-order valence-corrected chi connectivity index (χ0v) is 30.3. The molecule has 4 aromatic carbocycles. The molecule has 2 amide bonds. The highest BCUT2D eigenvalue weighted by atomic mass is 32.2. The molecule has 0 spiro atoms. The third kappa shape index (κ3) is 10.0. The Morgan fingerprint density at radius 3 is 2.14 bits per heavy atom. The summed E-state index contributed by atoms with van der Waals surface area (Å²) in [5.74, 6) is 0.309. The Morgan fingerprint density at radius 2 is 1.53 bits per heavy atom. The Bertz CT molecular complexity index is 1770. The van der Waals surface area contributed by atoms with Crippen molar-refractivity contribution >= 4 is 39.3 Å². The molecule has 260 valence electrons. The molecule has 0 bridgehead atoms. The second-order valence-electron chi connectivity index (χ2n) is 11.5. The summed E-state index contributed by atoms with van der Waals surface area (Å²) in [4.78, 5) is 31.2. The van der Waals surface area contributed by atoms with Crippen LogP contribution < -0.4 is 19.1 Å². The first-order chi connectivity index (χ1) is 23.6. The summed E-state index contributed by atoms with van der Waals surface area (Å²) < 4.78 is 40.8. The van der Waals surface area contributed by atoms with Gasteiger partial charge in [0.25, 0.3) is 10.0 Å². The average molecular weight is 704 g/mol. The molecule has 9 nitrogen and oxygen atoms in total. The number of benzene rings is 4. The van der Waals surface area contributed by atoms with Gasteiger partial charge in [0, 0.05) is 23.9 Å². The third-order valence-electron chi connectivity index (χ3n) is 8.12. The van der Waals surface area contributed by atoms with Crippen LogP contribution in [0.1, 0.15) is 38.3 Å². The molecule has 0 aliphatic heterocycles. The number of thioether (sulfide) groups is 1. The van der Waals surface area contributed by atoms with E-state index in [9.17, 15) is 18.0 Å². The van der Waals surface area contributed by atoms with Gasteiger partial charge in [0.1, 0.15) is 24.1 Å². The smallest absolute Gasteiger partial charge is 0.264 e. The fourth-order valence-corrected chi connectivity index (χ4v) is 7.06. The maximum absolute atomic E-state index is 14.7. The van der Waals surface area contributed by atoms with Crippen molar-refractivity contribution < 1.29 is 27.5 Å². The molecule has 0 saturated heterocycles. The van der Waals surface area contributed by atoms with E-state index in [0.717, 1.165) is 20.3 Å². The zero-order valence-electron chi connectivity index (χ0n) is 28.7. The predicted octanol–water partition coefficient (Wildman–Crippen LogP) is 6.57. The maximum Gasteiger partial charge on any atom is 0.264 e. The standard InChI is InChI=1S/C38H45N3O6S2/c1-6-28(3)39-38(43)36(25-29-12-9-8-10-13-29)40(26-30-14-11-15-33(24-30)46-4)37(42)27-41(31-16-18-32(19-17-31)47-7-2)49(44,45)35-22-20-34(48-5)21-23-35/h8-24,28,36H,6-7,25-27H2,1-5H3,(H,39,43). The minimum atomic E-state index is -4.23. The summed E-state index contributed by atoms with van der Waals surface area (Å²) in [5, 5.41) is 3.06. The molecule has 4 rings (SSSR count). The second-order valence-corrected chi connectivity index (χ2v) is 14.3. The van der Waals surface area contributed by atoms with Gasteiger partial charge in [-0.25, -0.2) is 8.42 Å². The van der Waals surface area contributed by atoms with Crippen molar-refractivity contribution in [2.45, 2.75) is 62.0 Å². The largest absolute Gasteiger partial charge is 0.497 e. The van der Waals surface area contributed by atoms with Crippen LogP contribution in [-0.2, 0) is 32.6 Å². The fourth-order valence-electron chi connectivity index (χ4n) is 5.24. The Morgan fingerprint density at radius 1 is 0.857 bits per heavy atom. The Kier molecular flexibility index (Phi) is 13.6. The lowest BCUT2D eigenvalue weighted by molar-refractivity contribution is -0.140. The van der Waals surface area contributed by atoms with Crippen molar-refractivity contribution in [3.63, 3.8) is 0 Å². The number of nitrogens with one attached hydrogen (secondary N) is 1. The molecule has 2 atom stereocenters. The van der Waals surface area contributed by atoms with Crippen molar-refractivity contribution in [2.75, 3.05) is 30.8 Å². The van der Waals surface area contributed by atoms with Crippen LogP contribution in [-0.4, -0.2) is 63.7 Å². The van der Waals surface area contributed by atoms with Crippen LogP contribution in [0.3, 0.4) is 0 Å². The van der Waals surface area contributed by atoms with Crippen LogP contribution in [0.4, 0.5) is 5.69 Å². The van der Waals surface area contributed by atoms with Gasteiger partial charge in [-0.05, 0) is 98.3 Å². The molecule has 11 heteroatoms. The molecule has 0 saturated carbocycles. The lowest BCUT2D eigenvalue weighted by Crippen LogP contribution is -2.54. The minimum Gasteiger partial charge on any atom is -0.497 e. The normalized spacial score (nSPS) is 12.4. The van der Waals surface area contributed by atoms with E-state index in [1.54, 1.807) is 67.8 Å². The number of rotatable bonds is 17. The number of methoxy groups -OCH3 is 1. The number of anilines is 1. The molecule has 2 unspecified atom stereocenters. The van der Waals surface area contributed by atoms with Gasteiger partial charge in [0.2, 0.25) is 11.8 Å². The first kappa shape index (κ1) is 37.3. The Labute approximate surface area is 294 Å². The first-order valence-corrected chi connectivity index (χ1v) is 18.9. The van der Waals surface area contributed by atoms with Gasteiger partial charge < -0.3 is 19.7 Å². The summed E-state index contributed by atoms with van der Waals surface area (Å²) >= 11 is 1.50. The van der Waals surface area contributed by atoms with Crippen LogP contribution in [0.15, 0.2) is 113 Å². The number of carbonyl (C=O) groups is 2. The molecule has 49 heavy (non-hydrogen) atoms. The number of amides is 2. The van der Waals surface area contributed by atoms with Crippen molar-refractivity contribution in [1.82, 2.24) is 10.2 Å². The number of ether oxygens (including phenoxy) is 2. The highest BCUT2D eigenvalue weighted by Gasteiger charge is 2.35. The van der Waals surface area contributed by atoms with Crippen LogP contribution in [0.2, 0.25) is 0 Å².